The van der Waals surface area contributed by atoms with E-state index in [2.05, 4.69) is 34.8 Å². The van der Waals surface area contributed by atoms with Gasteiger partial charge in [0.05, 0.1) is 5.69 Å². The molecule has 0 atom stereocenters. The molecule has 1 heterocycles. The summed E-state index contributed by atoms with van der Waals surface area (Å²) in [7, 11) is 0. The number of nitrogens with one attached hydrogen (secondary N) is 3. The number of urea groups is 1. The number of hydrogen-bond acceptors (Lipinski definition) is 4. The van der Waals surface area contributed by atoms with Crippen molar-refractivity contribution >= 4 is 39.8 Å². The number of amides is 2. The van der Waals surface area contributed by atoms with Crippen molar-refractivity contribution in [2.24, 2.45) is 5.92 Å². The number of carbonyl (C=O) groups excluding carboxylic acids is 1. The van der Waals surface area contributed by atoms with Crippen LogP contribution in [0.3, 0.4) is 0 Å². The van der Waals surface area contributed by atoms with Gasteiger partial charge >= 0.3 is 6.03 Å². The number of nitrogens with zero attached hydrogens (tertiary/aromatic N) is 1. The molecular formula is C16H21ClN4OS. The lowest BCUT2D eigenvalue weighted by molar-refractivity contribution is 0.262. The number of hydrogen-bond donors (Lipinski definition) is 3. The highest BCUT2D eigenvalue weighted by Crippen LogP contribution is 2.20. The van der Waals surface area contributed by atoms with Crippen molar-refractivity contribution in [3.8, 4) is 0 Å². The van der Waals surface area contributed by atoms with E-state index in [0.717, 1.165) is 17.8 Å². The highest BCUT2D eigenvalue weighted by atomic mass is 35.5. The SMILES string of the molecule is Cc1ccc(NC(=O)Nc2nc(CNCC(C)C)cs2)cc1Cl. The molecule has 0 fully saturated rings. The van der Waals surface area contributed by atoms with Gasteiger partial charge in [-0.25, -0.2) is 9.78 Å². The third-order valence-corrected chi connectivity index (χ3v) is 4.27. The molecule has 1 aromatic carbocycles. The average Bonchev–Trinajstić information content (AvgIpc) is 2.90. The molecule has 2 rings (SSSR count). The summed E-state index contributed by atoms with van der Waals surface area (Å²) >= 11 is 7.45. The van der Waals surface area contributed by atoms with Crippen LogP contribution in [0.1, 0.15) is 25.1 Å². The molecule has 7 heteroatoms. The molecule has 2 amide bonds. The van der Waals surface area contributed by atoms with E-state index in [-0.39, 0.29) is 6.03 Å². The van der Waals surface area contributed by atoms with E-state index >= 15 is 0 Å². The Morgan fingerprint density at radius 2 is 2.13 bits per heavy atom. The lowest BCUT2D eigenvalue weighted by Crippen LogP contribution is -2.20. The summed E-state index contributed by atoms with van der Waals surface area (Å²) in [5.41, 5.74) is 2.54. The molecule has 124 valence electrons. The lowest BCUT2D eigenvalue weighted by Gasteiger charge is -2.07. The molecule has 23 heavy (non-hydrogen) atoms. The van der Waals surface area contributed by atoms with Gasteiger partial charge in [-0.2, -0.15) is 0 Å². The Morgan fingerprint density at radius 3 is 2.83 bits per heavy atom. The molecule has 0 saturated carbocycles. The van der Waals surface area contributed by atoms with E-state index in [1.165, 1.54) is 11.3 Å². The maximum atomic E-state index is 12.0. The Hall–Kier alpha value is -1.63. The van der Waals surface area contributed by atoms with Crippen LogP contribution in [-0.2, 0) is 6.54 Å². The fraction of sp³-hybridized carbons (Fsp3) is 0.375. The summed E-state index contributed by atoms with van der Waals surface area (Å²) in [4.78, 5) is 16.4. The van der Waals surface area contributed by atoms with Crippen molar-refractivity contribution in [3.63, 3.8) is 0 Å². The maximum absolute atomic E-state index is 12.0. The van der Waals surface area contributed by atoms with Crippen molar-refractivity contribution in [2.45, 2.75) is 27.3 Å². The van der Waals surface area contributed by atoms with Gasteiger partial charge in [0.2, 0.25) is 0 Å². The molecule has 0 saturated heterocycles. The van der Waals surface area contributed by atoms with E-state index in [4.69, 9.17) is 11.6 Å². The highest BCUT2D eigenvalue weighted by Gasteiger charge is 2.08. The average molecular weight is 353 g/mol. The summed E-state index contributed by atoms with van der Waals surface area (Å²) in [6, 6.07) is 5.06. The highest BCUT2D eigenvalue weighted by molar-refractivity contribution is 7.13. The number of halogens is 1. The largest absolute Gasteiger partial charge is 0.325 e. The van der Waals surface area contributed by atoms with Crippen LogP contribution in [0, 0.1) is 12.8 Å². The number of rotatable bonds is 6. The molecule has 0 unspecified atom stereocenters. The second-order valence-electron chi connectivity index (χ2n) is 5.71. The molecule has 3 N–H and O–H groups in total. The van der Waals surface area contributed by atoms with Crippen LogP contribution in [-0.4, -0.2) is 17.6 Å². The van der Waals surface area contributed by atoms with Gasteiger partial charge in [0, 0.05) is 22.6 Å². The lowest BCUT2D eigenvalue weighted by atomic mass is 10.2. The van der Waals surface area contributed by atoms with E-state index < -0.39 is 0 Å². The van der Waals surface area contributed by atoms with Gasteiger partial charge < -0.3 is 10.6 Å². The van der Waals surface area contributed by atoms with Crippen LogP contribution < -0.4 is 16.0 Å². The normalized spacial score (nSPS) is 10.8. The first-order chi connectivity index (χ1) is 10.9. The summed E-state index contributed by atoms with van der Waals surface area (Å²) in [6.07, 6.45) is 0. The minimum Gasteiger partial charge on any atom is -0.311 e. The zero-order valence-electron chi connectivity index (χ0n) is 13.4. The smallest absolute Gasteiger partial charge is 0.311 e. The zero-order chi connectivity index (χ0) is 16.8. The minimum atomic E-state index is -0.332. The molecule has 2 aromatic rings. The van der Waals surface area contributed by atoms with Gasteiger partial charge in [0.15, 0.2) is 5.13 Å². The number of benzene rings is 1. The first-order valence-electron chi connectivity index (χ1n) is 7.43. The van der Waals surface area contributed by atoms with Gasteiger partial charge in [-0.15, -0.1) is 11.3 Å². The van der Waals surface area contributed by atoms with E-state index in [0.29, 0.717) is 28.3 Å². The molecule has 0 bridgehead atoms. The minimum absolute atomic E-state index is 0.332. The van der Waals surface area contributed by atoms with Gasteiger partial charge in [-0.05, 0) is 37.1 Å². The third kappa shape index (κ3) is 5.82. The van der Waals surface area contributed by atoms with Gasteiger partial charge in [0.1, 0.15) is 0 Å². The van der Waals surface area contributed by atoms with E-state index in [9.17, 15) is 4.79 Å². The first kappa shape index (κ1) is 17.7. The summed E-state index contributed by atoms with van der Waals surface area (Å²) in [6.45, 7) is 7.86. The van der Waals surface area contributed by atoms with Gasteiger partial charge in [-0.3, -0.25) is 5.32 Å². The van der Waals surface area contributed by atoms with E-state index in [1.54, 1.807) is 6.07 Å². The monoisotopic (exact) mass is 352 g/mol. The predicted molar refractivity (Wildman–Crippen MR) is 97.5 cm³/mol. The van der Waals surface area contributed by atoms with Gasteiger partial charge in [0.25, 0.3) is 0 Å². The third-order valence-electron chi connectivity index (χ3n) is 3.06. The molecule has 0 radical (unpaired) electrons. The zero-order valence-corrected chi connectivity index (χ0v) is 15.0. The Labute approximate surface area is 145 Å². The van der Waals surface area contributed by atoms with Crippen LogP contribution in [0.25, 0.3) is 0 Å². The topological polar surface area (TPSA) is 66.0 Å². The fourth-order valence-electron chi connectivity index (χ4n) is 1.86. The van der Waals surface area contributed by atoms with Crippen LogP contribution >= 0.6 is 22.9 Å². The Bertz CT molecular complexity index is 672. The molecule has 0 spiro atoms. The summed E-state index contributed by atoms with van der Waals surface area (Å²) in [5.74, 6) is 0.596. The van der Waals surface area contributed by atoms with Crippen LogP contribution in [0.4, 0.5) is 15.6 Å². The molecule has 0 aliphatic heterocycles. The second kappa shape index (κ2) is 8.29. The maximum Gasteiger partial charge on any atom is 0.325 e. The Morgan fingerprint density at radius 1 is 1.35 bits per heavy atom. The Balaban J connectivity index is 1.85. The van der Waals surface area contributed by atoms with Crippen LogP contribution in [0.2, 0.25) is 5.02 Å². The van der Waals surface area contributed by atoms with Crippen molar-refractivity contribution in [2.75, 3.05) is 17.2 Å². The number of carbonyl (C=O) groups is 1. The van der Waals surface area contributed by atoms with Crippen molar-refractivity contribution in [3.05, 3.63) is 39.9 Å². The van der Waals surface area contributed by atoms with Crippen molar-refractivity contribution in [1.82, 2.24) is 10.3 Å². The van der Waals surface area contributed by atoms with Gasteiger partial charge in [-0.1, -0.05) is 31.5 Å². The van der Waals surface area contributed by atoms with Crippen LogP contribution in [0.5, 0.6) is 0 Å². The molecule has 0 aliphatic carbocycles. The quantitative estimate of drug-likeness (QED) is 0.717. The van der Waals surface area contributed by atoms with Crippen molar-refractivity contribution < 1.29 is 4.79 Å². The number of thiazole rings is 1. The van der Waals surface area contributed by atoms with Crippen molar-refractivity contribution in [1.29, 1.82) is 0 Å². The van der Waals surface area contributed by atoms with Crippen LogP contribution in [0.15, 0.2) is 23.6 Å². The number of aromatic nitrogens is 1. The molecule has 5 nitrogen and oxygen atoms in total. The van der Waals surface area contributed by atoms with E-state index in [1.807, 2.05) is 24.4 Å². The molecule has 1 aromatic heterocycles. The second-order valence-corrected chi connectivity index (χ2v) is 6.98. The predicted octanol–water partition coefficient (Wildman–Crippen LogP) is 4.49. The first-order valence-corrected chi connectivity index (χ1v) is 8.69. The molecule has 0 aliphatic rings. The summed E-state index contributed by atoms with van der Waals surface area (Å²) in [5, 5.41) is 11.9. The number of anilines is 2. The Kier molecular flexibility index (Phi) is 6.38. The molecular weight excluding hydrogens is 332 g/mol. The fourth-order valence-corrected chi connectivity index (χ4v) is 2.75. The standard InChI is InChI=1S/C16H21ClN4OS/c1-10(2)7-18-8-13-9-23-16(20-13)21-15(22)19-12-5-4-11(3)14(17)6-12/h4-6,9-10,18H,7-8H2,1-3H3,(H2,19,20,21,22). The number of aryl methyl sites for hydroxylation is 1. The summed E-state index contributed by atoms with van der Waals surface area (Å²) < 4.78 is 0.